The third-order valence-electron chi connectivity index (χ3n) is 4.49. The number of amides is 2. The second-order valence-electron chi connectivity index (χ2n) is 6.08. The van der Waals surface area contributed by atoms with Gasteiger partial charge in [-0.3, -0.25) is 9.59 Å². The Kier molecular flexibility index (Phi) is 4.65. The minimum Gasteiger partial charge on any atom is -0.321 e. The molecule has 0 spiro atoms. The fourth-order valence-electron chi connectivity index (χ4n) is 3.19. The van der Waals surface area contributed by atoms with E-state index in [9.17, 15) is 9.59 Å². The molecule has 4 heteroatoms. The number of benzene rings is 2. The van der Waals surface area contributed by atoms with E-state index in [-0.39, 0.29) is 11.8 Å². The number of carbonyl (C=O) groups is 2. The van der Waals surface area contributed by atoms with Crippen molar-refractivity contribution >= 4 is 23.2 Å². The van der Waals surface area contributed by atoms with E-state index in [1.165, 1.54) is 0 Å². The average molecular weight is 322 g/mol. The molecule has 4 nitrogen and oxygen atoms in total. The molecule has 0 atom stereocenters. The summed E-state index contributed by atoms with van der Waals surface area (Å²) in [7, 11) is 0. The Morgan fingerprint density at radius 1 is 1.17 bits per heavy atom. The van der Waals surface area contributed by atoms with Crippen LogP contribution in [0.1, 0.15) is 41.3 Å². The Hall–Kier alpha value is -2.62. The number of aryl methyl sites for hydroxylation is 2. The molecule has 2 amide bonds. The quantitative estimate of drug-likeness (QED) is 0.927. The zero-order chi connectivity index (χ0) is 17.1. The maximum atomic E-state index is 12.9. The van der Waals surface area contributed by atoms with Crippen molar-refractivity contribution in [2.45, 2.75) is 33.1 Å². The Morgan fingerprint density at radius 3 is 2.67 bits per heavy atom. The maximum absolute atomic E-state index is 12.9. The molecule has 124 valence electrons. The Balaban J connectivity index is 1.93. The first-order valence-corrected chi connectivity index (χ1v) is 8.41. The molecule has 24 heavy (non-hydrogen) atoms. The molecule has 1 saturated heterocycles. The lowest BCUT2D eigenvalue weighted by Crippen LogP contribution is -2.27. The molecule has 1 aliphatic heterocycles. The molecule has 1 fully saturated rings. The van der Waals surface area contributed by atoms with Crippen molar-refractivity contribution in [2.75, 3.05) is 16.8 Å². The molecular weight excluding hydrogens is 300 g/mol. The van der Waals surface area contributed by atoms with Gasteiger partial charge in [0, 0.05) is 18.7 Å². The number of hydrogen-bond donors (Lipinski definition) is 1. The second kappa shape index (κ2) is 6.87. The molecule has 2 aromatic rings. The Labute approximate surface area is 142 Å². The van der Waals surface area contributed by atoms with Crippen molar-refractivity contribution in [1.82, 2.24) is 0 Å². The van der Waals surface area contributed by atoms with Crippen molar-refractivity contribution in [2.24, 2.45) is 0 Å². The SMILES string of the molecule is CCc1cccc(C)c1NC(=O)c1ccccc1N1CCCC1=O. The number of nitrogens with one attached hydrogen (secondary N) is 1. The summed E-state index contributed by atoms with van der Waals surface area (Å²) in [6.07, 6.45) is 2.24. The van der Waals surface area contributed by atoms with E-state index in [4.69, 9.17) is 0 Å². The molecule has 0 aromatic heterocycles. The van der Waals surface area contributed by atoms with Gasteiger partial charge >= 0.3 is 0 Å². The van der Waals surface area contributed by atoms with Gasteiger partial charge in [0.15, 0.2) is 0 Å². The molecule has 1 heterocycles. The Morgan fingerprint density at radius 2 is 1.96 bits per heavy atom. The molecule has 0 unspecified atom stereocenters. The topological polar surface area (TPSA) is 49.4 Å². The summed E-state index contributed by atoms with van der Waals surface area (Å²) in [4.78, 5) is 26.6. The Bertz CT molecular complexity index is 783. The van der Waals surface area contributed by atoms with Crippen LogP contribution >= 0.6 is 0 Å². The number of hydrogen-bond acceptors (Lipinski definition) is 2. The molecular formula is C20H22N2O2. The van der Waals surface area contributed by atoms with E-state index in [0.717, 1.165) is 29.7 Å². The van der Waals surface area contributed by atoms with Crippen LogP contribution in [0.5, 0.6) is 0 Å². The highest BCUT2D eigenvalue weighted by molar-refractivity contribution is 6.11. The van der Waals surface area contributed by atoms with Crippen LogP contribution in [0.15, 0.2) is 42.5 Å². The number of nitrogens with zero attached hydrogens (tertiary/aromatic N) is 1. The van der Waals surface area contributed by atoms with Crippen molar-refractivity contribution in [3.8, 4) is 0 Å². The minimum absolute atomic E-state index is 0.0837. The standard InChI is InChI=1S/C20H22N2O2/c1-3-15-9-6-8-14(2)19(15)21-20(24)16-10-4-5-11-17(16)22-13-7-12-18(22)23/h4-6,8-11H,3,7,12-13H2,1-2H3,(H,21,24). The van der Waals surface area contributed by atoms with Crippen LogP contribution in [0.4, 0.5) is 11.4 Å². The molecule has 1 aliphatic rings. The van der Waals surface area contributed by atoms with E-state index in [2.05, 4.69) is 12.2 Å². The van der Waals surface area contributed by atoms with Gasteiger partial charge in [-0.05, 0) is 43.0 Å². The van der Waals surface area contributed by atoms with Crippen molar-refractivity contribution in [1.29, 1.82) is 0 Å². The third-order valence-corrected chi connectivity index (χ3v) is 4.49. The first kappa shape index (κ1) is 16.2. The van der Waals surface area contributed by atoms with Gasteiger partial charge in [-0.1, -0.05) is 37.3 Å². The van der Waals surface area contributed by atoms with Gasteiger partial charge < -0.3 is 10.2 Å². The van der Waals surface area contributed by atoms with E-state index in [1.54, 1.807) is 11.0 Å². The van der Waals surface area contributed by atoms with Crippen molar-refractivity contribution < 1.29 is 9.59 Å². The van der Waals surface area contributed by atoms with Crippen LogP contribution in [0.3, 0.4) is 0 Å². The van der Waals surface area contributed by atoms with Gasteiger partial charge in [0.05, 0.1) is 11.3 Å². The molecule has 0 bridgehead atoms. The summed E-state index contributed by atoms with van der Waals surface area (Å²) in [6, 6.07) is 13.3. The molecule has 0 radical (unpaired) electrons. The van der Waals surface area contributed by atoms with Crippen molar-refractivity contribution in [3.63, 3.8) is 0 Å². The smallest absolute Gasteiger partial charge is 0.257 e. The summed E-state index contributed by atoms with van der Waals surface area (Å²) in [5, 5.41) is 3.05. The number of anilines is 2. The van der Waals surface area contributed by atoms with Crippen molar-refractivity contribution in [3.05, 3.63) is 59.2 Å². The predicted octanol–water partition coefficient (Wildman–Crippen LogP) is 3.94. The lowest BCUT2D eigenvalue weighted by Gasteiger charge is -2.20. The molecule has 0 aliphatic carbocycles. The summed E-state index contributed by atoms with van der Waals surface area (Å²) in [5.74, 6) is -0.0883. The first-order chi connectivity index (χ1) is 11.6. The fourth-order valence-corrected chi connectivity index (χ4v) is 3.19. The molecule has 3 rings (SSSR count). The van der Waals surface area contributed by atoms with Crippen LogP contribution in [0, 0.1) is 6.92 Å². The number of rotatable bonds is 4. The van der Waals surface area contributed by atoms with Crippen LogP contribution in [0.2, 0.25) is 0 Å². The maximum Gasteiger partial charge on any atom is 0.257 e. The minimum atomic E-state index is -0.172. The zero-order valence-corrected chi connectivity index (χ0v) is 14.1. The monoisotopic (exact) mass is 322 g/mol. The summed E-state index contributed by atoms with van der Waals surface area (Å²) in [6.45, 7) is 4.74. The highest BCUT2D eigenvalue weighted by Gasteiger charge is 2.25. The summed E-state index contributed by atoms with van der Waals surface area (Å²) in [5.41, 5.74) is 4.25. The van der Waals surface area contributed by atoms with E-state index in [1.807, 2.05) is 43.3 Å². The lowest BCUT2D eigenvalue weighted by molar-refractivity contribution is -0.117. The third kappa shape index (κ3) is 3.04. The van der Waals surface area contributed by atoms with Crippen LogP contribution in [-0.2, 0) is 11.2 Å². The molecule has 1 N–H and O–H groups in total. The number of carbonyl (C=O) groups excluding carboxylic acids is 2. The largest absolute Gasteiger partial charge is 0.321 e. The van der Waals surface area contributed by atoms with Gasteiger partial charge in [0.1, 0.15) is 0 Å². The predicted molar refractivity (Wildman–Crippen MR) is 96.5 cm³/mol. The fraction of sp³-hybridized carbons (Fsp3) is 0.300. The lowest BCUT2D eigenvalue weighted by atomic mass is 10.0. The van der Waals surface area contributed by atoms with Gasteiger partial charge in [-0.15, -0.1) is 0 Å². The zero-order valence-electron chi connectivity index (χ0n) is 14.1. The van der Waals surface area contributed by atoms with E-state index >= 15 is 0 Å². The van der Waals surface area contributed by atoms with Gasteiger partial charge in [-0.2, -0.15) is 0 Å². The van der Waals surface area contributed by atoms with Crippen LogP contribution < -0.4 is 10.2 Å². The van der Waals surface area contributed by atoms with Gasteiger partial charge in [0.2, 0.25) is 5.91 Å². The van der Waals surface area contributed by atoms with Crippen LogP contribution in [-0.4, -0.2) is 18.4 Å². The van der Waals surface area contributed by atoms with Gasteiger partial charge in [0.25, 0.3) is 5.91 Å². The highest BCUT2D eigenvalue weighted by Crippen LogP contribution is 2.27. The first-order valence-electron chi connectivity index (χ1n) is 8.41. The van der Waals surface area contributed by atoms with Crippen LogP contribution in [0.25, 0.3) is 0 Å². The number of para-hydroxylation sites is 2. The average Bonchev–Trinajstić information content (AvgIpc) is 3.02. The summed E-state index contributed by atoms with van der Waals surface area (Å²) < 4.78 is 0. The van der Waals surface area contributed by atoms with E-state index < -0.39 is 0 Å². The molecule has 2 aromatic carbocycles. The van der Waals surface area contributed by atoms with E-state index in [0.29, 0.717) is 24.2 Å². The molecule has 0 saturated carbocycles. The highest BCUT2D eigenvalue weighted by atomic mass is 16.2. The second-order valence-corrected chi connectivity index (χ2v) is 6.08. The van der Waals surface area contributed by atoms with Gasteiger partial charge in [-0.25, -0.2) is 0 Å². The summed E-state index contributed by atoms with van der Waals surface area (Å²) >= 11 is 0. The normalized spacial score (nSPS) is 14.1.